The van der Waals surface area contributed by atoms with Crippen LogP contribution in [0.15, 0.2) is 18.6 Å². The highest BCUT2D eigenvalue weighted by Crippen LogP contribution is 2.57. The second kappa shape index (κ2) is 5.95. The lowest BCUT2D eigenvalue weighted by Crippen LogP contribution is -2.45. The van der Waals surface area contributed by atoms with Gasteiger partial charge in [-0.05, 0) is 38.2 Å². The monoisotopic (exact) mass is 365 g/mol. The molecule has 5 rings (SSSR count). The molecule has 2 aliphatic carbocycles. The van der Waals surface area contributed by atoms with Crippen LogP contribution in [0.25, 0.3) is 11.0 Å². The quantitative estimate of drug-likeness (QED) is 0.819. The second-order valence-electron chi connectivity index (χ2n) is 8.51. The van der Waals surface area contributed by atoms with Crippen LogP contribution in [0, 0.1) is 28.1 Å². The number of hydrogen-bond acceptors (Lipinski definition) is 6. The molecule has 1 aliphatic heterocycles. The van der Waals surface area contributed by atoms with Crippen LogP contribution in [0.2, 0.25) is 0 Å². The molecule has 0 bridgehead atoms. The number of fused-ring (bicyclic) bond motifs is 1. The largest absolute Gasteiger partial charge is 0.465 e. The molecule has 0 aromatic carbocycles. The van der Waals surface area contributed by atoms with Crippen molar-refractivity contribution < 1.29 is 9.53 Å². The van der Waals surface area contributed by atoms with Crippen molar-refractivity contribution in [3.63, 3.8) is 0 Å². The number of ether oxygens (including phenoxy) is 1. The molecule has 0 radical (unpaired) electrons. The van der Waals surface area contributed by atoms with Gasteiger partial charge < -0.3 is 14.6 Å². The Kier molecular flexibility index (Phi) is 3.64. The van der Waals surface area contributed by atoms with Gasteiger partial charge in [0.15, 0.2) is 0 Å². The van der Waals surface area contributed by atoms with Gasteiger partial charge >= 0.3 is 5.97 Å². The van der Waals surface area contributed by atoms with Crippen LogP contribution in [0.1, 0.15) is 38.5 Å². The van der Waals surface area contributed by atoms with Crippen molar-refractivity contribution in [3.05, 3.63) is 18.6 Å². The Labute approximate surface area is 157 Å². The Hall–Kier alpha value is -2.62. The Bertz CT molecular complexity index is 922. The Morgan fingerprint density at radius 3 is 2.96 bits per heavy atom. The summed E-state index contributed by atoms with van der Waals surface area (Å²) in [5.41, 5.74) is 0.816. The van der Waals surface area contributed by atoms with Crippen LogP contribution in [0.4, 0.5) is 5.82 Å². The molecule has 140 valence electrons. The number of carbonyl (C=O) groups is 1. The van der Waals surface area contributed by atoms with E-state index in [1.807, 2.05) is 12.3 Å². The van der Waals surface area contributed by atoms with E-state index >= 15 is 0 Å². The molecule has 1 unspecified atom stereocenters. The molecular weight excluding hydrogens is 342 g/mol. The van der Waals surface area contributed by atoms with Gasteiger partial charge in [-0.3, -0.25) is 4.79 Å². The minimum Gasteiger partial charge on any atom is -0.465 e. The van der Waals surface area contributed by atoms with E-state index in [-0.39, 0.29) is 22.7 Å². The van der Waals surface area contributed by atoms with E-state index in [2.05, 4.69) is 25.9 Å². The number of hydrogen-bond donors (Lipinski definition) is 1. The van der Waals surface area contributed by atoms with E-state index in [4.69, 9.17) is 10.00 Å². The van der Waals surface area contributed by atoms with Gasteiger partial charge in [-0.2, -0.15) is 5.26 Å². The van der Waals surface area contributed by atoms with Gasteiger partial charge in [-0.25, -0.2) is 9.97 Å². The fraction of sp³-hybridized carbons (Fsp3) is 0.600. The third-order valence-electron chi connectivity index (χ3n) is 6.67. The van der Waals surface area contributed by atoms with E-state index in [0.717, 1.165) is 62.0 Å². The lowest BCUT2D eigenvalue weighted by atomic mass is 9.82. The first-order chi connectivity index (χ1) is 13.1. The van der Waals surface area contributed by atoms with Crippen LogP contribution >= 0.6 is 0 Å². The minimum absolute atomic E-state index is 0.0227. The second-order valence-corrected chi connectivity index (χ2v) is 8.51. The average Bonchev–Trinajstić information content (AvgIpc) is 3.57. The van der Waals surface area contributed by atoms with Crippen molar-refractivity contribution in [2.45, 2.75) is 38.5 Å². The lowest BCUT2D eigenvalue weighted by Gasteiger charge is -2.38. The molecule has 1 saturated heterocycles. The number of H-pyrrole nitrogens is 1. The predicted octanol–water partition coefficient (Wildman–Crippen LogP) is 2.80. The first-order valence-corrected chi connectivity index (χ1v) is 9.71. The smallest absolute Gasteiger partial charge is 0.309 e. The van der Waals surface area contributed by atoms with Crippen molar-refractivity contribution in [1.82, 2.24) is 15.0 Å². The van der Waals surface area contributed by atoms with Crippen LogP contribution in [-0.4, -0.2) is 40.6 Å². The highest BCUT2D eigenvalue weighted by molar-refractivity contribution is 5.87. The molecule has 27 heavy (non-hydrogen) atoms. The third-order valence-corrected chi connectivity index (χ3v) is 6.67. The molecule has 7 nitrogen and oxygen atoms in total. The normalized spacial score (nSPS) is 24.6. The summed E-state index contributed by atoms with van der Waals surface area (Å²) in [5.74, 6) is 0.853. The topological polar surface area (TPSA) is 94.9 Å². The molecule has 2 saturated carbocycles. The Balaban J connectivity index is 1.28. The zero-order valence-corrected chi connectivity index (χ0v) is 15.3. The maximum Gasteiger partial charge on any atom is 0.309 e. The summed E-state index contributed by atoms with van der Waals surface area (Å²) in [7, 11) is 0. The SMILES string of the molecule is N#CCC1(COC(=O)C2CCN(c3ncnc4[nH]ccc34)CC23CC3)CC1. The molecule has 2 aromatic rings. The Morgan fingerprint density at radius 1 is 1.37 bits per heavy atom. The summed E-state index contributed by atoms with van der Waals surface area (Å²) in [6, 6.07) is 4.23. The van der Waals surface area contributed by atoms with Gasteiger partial charge in [-0.15, -0.1) is 0 Å². The molecule has 1 atom stereocenters. The first-order valence-electron chi connectivity index (χ1n) is 9.71. The van der Waals surface area contributed by atoms with E-state index < -0.39 is 0 Å². The number of nitrogens with zero attached hydrogens (tertiary/aromatic N) is 4. The number of nitrogens with one attached hydrogen (secondary N) is 1. The van der Waals surface area contributed by atoms with E-state index in [0.29, 0.717) is 13.0 Å². The predicted molar refractivity (Wildman–Crippen MR) is 98.7 cm³/mol. The first kappa shape index (κ1) is 16.5. The van der Waals surface area contributed by atoms with Crippen LogP contribution in [0.5, 0.6) is 0 Å². The summed E-state index contributed by atoms with van der Waals surface area (Å²) in [4.78, 5) is 27.0. The van der Waals surface area contributed by atoms with Crippen molar-refractivity contribution >= 4 is 22.8 Å². The maximum atomic E-state index is 12.8. The molecule has 3 aliphatic rings. The highest BCUT2D eigenvalue weighted by atomic mass is 16.5. The number of rotatable bonds is 5. The molecule has 2 aromatic heterocycles. The van der Waals surface area contributed by atoms with Crippen LogP contribution < -0.4 is 4.90 Å². The van der Waals surface area contributed by atoms with E-state index in [1.54, 1.807) is 6.33 Å². The standard InChI is InChI=1S/C20H23N5O2/c21-8-7-19(3-4-19)12-27-18(26)15-2-10-25(11-20(15)5-6-20)17-14-1-9-22-16(14)23-13-24-17/h1,9,13,15H,2-7,10-12H2,(H,22,23,24). The summed E-state index contributed by atoms with van der Waals surface area (Å²) in [5, 5.41) is 9.97. The summed E-state index contributed by atoms with van der Waals surface area (Å²) >= 11 is 0. The van der Waals surface area contributed by atoms with Gasteiger partial charge in [-0.1, -0.05) is 0 Å². The highest BCUT2D eigenvalue weighted by Gasteiger charge is 2.56. The van der Waals surface area contributed by atoms with Gasteiger partial charge in [0.2, 0.25) is 0 Å². The summed E-state index contributed by atoms with van der Waals surface area (Å²) < 4.78 is 5.70. The number of nitriles is 1. The molecule has 3 fully saturated rings. The third kappa shape index (κ3) is 2.84. The number of anilines is 1. The molecule has 3 heterocycles. The molecular formula is C20H23N5O2. The number of aromatic amines is 1. The number of aromatic nitrogens is 3. The minimum atomic E-state index is -0.0640. The molecule has 7 heteroatoms. The lowest BCUT2D eigenvalue weighted by molar-refractivity contribution is -0.153. The fourth-order valence-electron chi connectivity index (χ4n) is 4.53. The fourth-order valence-corrected chi connectivity index (χ4v) is 4.53. The molecule has 1 N–H and O–H groups in total. The van der Waals surface area contributed by atoms with Crippen molar-refractivity contribution in [2.75, 3.05) is 24.6 Å². The number of esters is 1. The van der Waals surface area contributed by atoms with Crippen LogP contribution in [0.3, 0.4) is 0 Å². The zero-order chi connectivity index (χ0) is 18.5. The average molecular weight is 365 g/mol. The maximum absolute atomic E-state index is 12.8. The van der Waals surface area contributed by atoms with E-state index in [1.165, 1.54) is 0 Å². The zero-order valence-electron chi connectivity index (χ0n) is 15.3. The van der Waals surface area contributed by atoms with Crippen molar-refractivity contribution in [2.24, 2.45) is 16.7 Å². The summed E-state index contributed by atoms with van der Waals surface area (Å²) in [6.07, 6.45) is 8.88. The van der Waals surface area contributed by atoms with Crippen molar-refractivity contribution in [3.8, 4) is 6.07 Å². The van der Waals surface area contributed by atoms with Gasteiger partial charge in [0.1, 0.15) is 17.8 Å². The van der Waals surface area contributed by atoms with Crippen molar-refractivity contribution in [1.29, 1.82) is 5.26 Å². The van der Waals surface area contributed by atoms with Crippen LogP contribution in [-0.2, 0) is 9.53 Å². The Morgan fingerprint density at radius 2 is 2.22 bits per heavy atom. The van der Waals surface area contributed by atoms with Gasteiger partial charge in [0.05, 0.1) is 24.0 Å². The van der Waals surface area contributed by atoms with Gasteiger partial charge in [0, 0.05) is 36.5 Å². The van der Waals surface area contributed by atoms with Gasteiger partial charge in [0.25, 0.3) is 0 Å². The summed E-state index contributed by atoms with van der Waals surface area (Å²) in [6.45, 7) is 2.04. The number of piperidine rings is 1. The number of carbonyl (C=O) groups excluding carboxylic acids is 1. The molecule has 0 amide bonds. The van der Waals surface area contributed by atoms with E-state index in [9.17, 15) is 4.79 Å². The molecule has 1 spiro atoms.